The maximum Gasteiger partial charge on any atom is 0.159 e. The van der Waals surface area contributed by atoms with Gasteiger partial charge >= 0.3 is 0 Å². The summed E-state index contributed by atoms with van der Waals surface area (Å²) in [7, 11) is 0. The molecule has 0 aromatic rings. The van der Waals surface area contributed by atoms with Gasteiger partial charge in [-0.3, -0.25) is 4.79 Å². The molecule has 0 amide bonds. The molecule has 4 aliphatic rings. The average Bonchev–Trinajstić information content (AvgIpc) is 3.04. The Morgan fingerprint density at radius 3 is 2.41 bits per heavy atom. The summed E-state index contributed by atoms with van der Waals surface area (Å²) < 4.78 is 0. The zero-order valence-corrected chi connectivity index (χ0v) is 23.1. The van der Waals surface area contributed by atoms with Crippen molar-refractivity contribution in [3.05, 3.63) is 22.8 Å². The van der Waals surface area contributed by atoms with E-state index in [0.717, 1.165) is 37.7 Å². The van der Waals surface area contributed by atoms with E-state index in [1.54, 1.807) is 0 Å². The van der Waals surface area contributed by atoms with Crippen LogP contribution in [0.25, 0.3) is 0 Å². The number of ketones is 1. The predicted molar refractivity (Wildman–Crippen MR) is 139 cm³/mol. The molecule has 3 nitrogen and oxygen atoms in total. The maximum atomic E-state index is 13.9. The summed E-state index contributed by atoms with van der Waals surface area (Å²) in [5.74, 6) is 2.30. The molecular formula is C31H50O3. The monoisotopic (exact) mass is 470 g/mol. The fourth-order valence-electron chi connectivity index (χ4n) is 9.66. The molecule has 3 heteroatoms. The SMILES string of the molecule is CC(=CC(C)CC(C)C1CCC2(C)C3=C(CCC12C)C1(C)CCC(O)C(C)(C)C1CC3=O)CO. The minimum atomic E-state index is -0.313. The number of hydrogen-bond acceptors (Lipinski definition) is 3. The van der Waals surface area contributed by atoms with Gasteiger partial charge in [-0.05, 0) is 91.8 Å². The predicted octanol–water partition coefficient (Wildman–Crippen LogP) is 6.88. The number of carbonyl (C=O) groups is 1. The van der Waals surface area contributed by atoms with Gasteiger partial charge < -0.3 is 10.2 Å². The van der Waals surface area contributed by atoms with Crippen LogP contribution in [-0.4, -0.2) is 28.7 Å². The largest absolute Gasteiger partial charge is 0.393 e. The Morgan fingerprint density at radius 2 is 1.76 bits per heavy atom. The maximum absolute atomic E-state index is 13.9. The molecule has 192 valence electrons. The van der Waals surface area contributed by atoms with Crippen molar-refractivity contribution in [2.75, 3.05) is 6.61 Å². The van der Waals surface area contributed by atoms with Crippen LogP contribution in [0.15, 0.2) is 22.8 Å². The third kappa shape index (κ3) is 3.62. The van der Waals surface area contributed by atoms with Crippen LogP contribution in [0.2, 0.25) is 0 Å². The van der Waals surface area contributed by atoms with Crippen LogP contribution in [0.4, 0.5) is 0 Å². The first-order valence-electron chi connectivity index (χ1n) is 14.0. The highest BCUT2D eigenvalue weighted by Gasteiger charge is 2.65. The number of rotatable bonds is 5. The van der Waals surface area contributed by atoms with Crippen LogP contribution in [0.5, 0.6) is 0 Å². The summed E-state index contributed by atoms with van der Waals surface area (Å²) >= 11 is 0. The molecule has 0 bridgehead atoms. The Labute approximate surface area is 208 Å². The third-order valence-corrected chi connectivity index (χ3v) is 11.9. The molecular weight excluding hydrogens is 420 g/mol. The van der Waals surface area contributed by atoms with Crippen LogP contribution >= 0.6 is 0 Å². The minimum Gasteiger partial charge on any atom is -0.393 e. The molecule has 0 saturated heterocycles. The van der Waals surface area contributed by atoms with Gasteiger partial charge in [-0.2, -0.15) is 0 Å². The summed E-state index contributed by atoms with van der Waals surface area (Å²) in [6.07, 6.45) is 10.1. The molecule has 2 N–H and O–H groups in total. The van der Waals surface area contributed by atoms with Crippen molar-refractivity contribution in [1.82, 2.24) is 0 Å². The Hall–Kier alpha value is -0.930. The van der Waals surface area contributed by atoms with E-state index < -0.39 is 0 Å². The molecule has 0 aromatic carbocycles. The lowest BCUT2D eigenvalue weighted by Gasteiger charge is -2.61. The van der Waals surface area contributed by atoms with E-state index in [1.807, 2.05) is 6.92 Å². The lowest BCUT2D eigenvalue weighted by Crippen LogP contribution is -2.57. The van der Waals surface area contributed by atoms with Gasteiger partial charge in [0.1, 0.15) is 0 Å². The molecule has 8 unspecified atom stereocenters. The molecule has 0 spiro atoms. The van der Waals surface area contributed by atoms with Gasteiger partial charge in [0.2, 0.25) is 0 Å². The van der Waals surface area contributed by atoms with Crippen molar-refractivity contribution in [3.63, 3.8) is 0 Å². The summed E-state index contributed by atoms with van der Waals surface area (Å²) in [4.78, 5) is 13.9. The second-order valence-electron chi connectivity index (χ2n) is 14.1. The van der Waals surface area contributed by atoms with Crippen molar-refractivity contribution in [3.8, 4) is 0 Å². The molecule has 2 saturated carbocycles. The fraction of sp³-hybridized carbons (Fsp3) is 0.839. The molecule has 0 radical (unpaired) electrons. The van der Waals surface area contributed by atoms with Gasteiger partial charge in [-0.1, -0.05) is 65.7 Å². The number of Topliss-reactive ketones (excluding diaryl/α,β-unsaturated/α-hetero) is 1. The van der Waals surface area contributed by atoms with Gasteiger partial charge in [0.15, 0.2) is 5.78 Å². The summed E-state index contributed by atoms with van der Waals surface area (Å²) in [5, 5.41) is 20.2. The summed E-state index contributed by atoms with van der Waals surface area (Å²) in [6, 6.07) is 0. The smallest absolute Gasteiger partial charge is 0.159 e. The van der Waals surface area contributed by atoms with Crippen molar-refractivity contribution in [2.45, 2.75) is 113 Å². The van der Waals surface area contributed by atoms with Crippen LogP contribution < -0.4 is 0 Å². The average molecular weight is 471 g/mol. The number of aliphatic hydroxyl groups excluding tert-OH is 2. The van der Waals surface area contributed by atoms with Crippen molar-refractivity contribution in [2.24, 2.45) is 45.3 Å². The summed E-state index contributed by atoms with van der Waals surface area (Å²) in [6.45, 7) is 18.6. The Morgan fingerprint density at radius 1 is 1.09 bits per heavy atom. The number of aliphatic hydroxyl groups is 2. The molecule has 4 aliphatic carbocycles. The van der Waals surface area contributed by atoms with Crippen molar-refractivity contribution >= 4 is 5.78 Å². The van der Waals surface area contributed by atoms with E-state index in [1.165, 1.54) is 24.0 Å². The van der Waals surface area contributed by atoms with E-state index in [0.29, 0.717) is 30.0 Å². The number of allylic oxidation sites excluding steroid dienone is 3. The van der Waals surface area contributed by atoms with Gasteiger partial charge in [-0.25, -0.2) is 0 Å². The zero-order valence-electron chi connectivity index (χ0n) is 23.1. The first-order chi connectivity index (χ1) is 15.7. The molecule has 0 heterocycles. The highest BCUT2D eigenvalue weighted by atomic mass is 16.3. The van der Waals surface area contributed by atoms with E-state index in [-0.39, 0.29) is 40.3 Å². The minimum absolute atomic E-state index is 0.0368. The lowest BCUT2D eigenvalue weighted by molar-refractivity contribution is -0.134. The van der Waals surface area contributed by atoms with Crippen LogP contribution in [0, 0.1) is 45.3 Å². The van der Waals surface area contributed by atoms with Crippen LogP contribution in [-0.2, 0) is 4.79 Å². The molecule has 2 fully saturated rings. The van der Waals surface area contributed by atoms with Gasteiger partial charge in [0, 0.05) is 17.4 Å². The summed E-state index contributed by atoms with van der Waals surface area (Å²) in [5.41, 5.74) is 3.69. The molecule has 4 rings (SSSR count). The van der Waals surface area contributed by atoms with E-state index in [9.17, 15) is 15.0 Å². The lowest BCUT2D eigenvalue weighted by atomic mass is 9.43. The van der Waals surface area contributed by atoms with E-state index >= 15 is 0 Å². The van der Waals surface area contributed by atoms with Gasteiger partial charge in [-0.15, -0.1) is 0 Å². The van der Waals surface area contributed by atoms with E-state index in [4.69, 9.17) is 0 Å². The standard InChI is InChI=1S/C31H50O3/c1-19(15-20(2)18-32)16-21(3)22-9-14-31(8)27-23(10-13-30(22,31)7)29(6)12-11-26(34)28(4,5)25(29)17-24(27)33/h15,19,21-22,25-26,32,34H,9-14,16-18H2,1-8H3. The zero-order chi connectivity index (χ0) is 25.3. The first kappa shape index (κ1) is 26.1. The molecule has 8 atom stereocenters. The van der Waals surface area contributed by atoms with Crippen molar-refractivity contribution < 1.29 is 15.0 Å². The molecule has 34 heavy (non-hydrogen) atoms. The van der Waals surface area contributed by atoms with Gasteiger partial charge in [0.25, 0.3) is 0 Å². The highest BCUT2D eigenvalue weighted by Crippen LogP contribution is 2.71. The fourth-order valence-corrected chi connectivity index (χ4v) is 9.66. The Kier molecular flexibility index (Phi) is 6.60. The van der Waals surface area contributed by atoms with Crippen LogP contribution in [0.1, 0.15) is 107 Å². The quantitative estimate of drug-likeness (QED) is 0.431. The van der Waals surface area contributed by atoms with Gasteiger partial charge in [0.05, 0.1) is 12.7 Å². The van der Waals surface area contributed by atoms with Crippen molar-refractivity contribution in [1.29, 1.82) is 0 Å². The Balaban J connectivity index is 1.68. The number of hydrogen-bond donors (Lipinski definition) is 2. The molecule has 0 aliphatic heterocycles. The number of fused-ring (bicyclic) bond motifs is 4. The number of carbonyl (C=O) groups excluding carboxylic acids is 1. The van der Waals surface area contributed by atoms with E-state index in [2.05, 4.69) is 54.5 Å². The second-order valence-corrected chi connectivity index (χ2v) is 14.1. The first-order valence-corrected chi connectivity index (χ1v) is 14.0. The Bertz CT molecular complexity index is 896. The highest BCUT2D eigenvalue weighted by molar-refractivity contribution is 5.99. The molecule has 0 aromatic heterocycles. The third-order valence-electron chi connectivity index (χ3n) is 11.9. The topological polar surface area (TPSA) is 57.5 Å². The normalized spacial score (nSPS) is 43.8. The second kappa shape index (κ2) is 8.58. The van der Waals surface area contributed by atoms with Crippen LogP contribution in [0.3, 0.4) is 0 Å².